The maximum Gasteiger partial charge on any atom is 0.338 e. The van der Waals surface area contributed by atoms with Crippen LogP contribution >= 0.6 is 0 Å². The molecule has 1 heterocycles. The molecule has 5 heteroatoms. The van der Waals surface area contributed by atoms with Gasteiger partial charge in [-0.2, -0.15) is 0 Å². The molecule has 1 aromatic heterocycles. The number of hydrogen-bond donors (Lipinski definition) is 1. The predicted octanol–water partition coefficient (Wildman–Crippen LogP) is 2.20. The van der Waals surface area contributed by atoms with Crippen molar-refractivity contribution >= 4 is 11.9 Å². The molecule has 0 atom stereocenters. The van der Waals surface area contributed by atoms with Crippen molar-refractivity contribution in [1.82, 2.24) is 9.97 Å². The number of rotatable bonds is 5. The summed E-state index contributed by atoms with van der Waals surface area (Å²) in [4.78, 5) is 20.9. The van der Waals surface area contributed by atoms with Crippen LogP contribution in [0.3, 0.4) is 0 Å². The molecule has 2 rings (SSSR count). The van der Waals surface area contributed by atoms with Crippen LogP contribution in [0.15, 0.2) is 42.7 Å². The monoisotopic (exact) mass is 257 g/mol. The first-order chi connectivity index (χ1) is 9.20. The van der Waals surface area contributed by atoms with Crippen LogP contribution in [0.2, 0.25) is 0 Å². The summed E-state index contributed by atoms with van der Waals surface area (Å²) < 4.78 is 0. The molecule has 19 heavy (non-hydrogen) atoms. The maximum atomic E-state index is 10.7. The topological polar surface area (TPSA) is 66.3 Å². The number of anilines is 1. The lowest BCUT2D eigenvalue weighted by atomic mass is 10.2. The smallest absolute Gasteiger partial charge is 0.338 e. The van der Waals surface area contributed by atoms with E-state index in [4.69, 9.17) is 5.11 Å². The zero-order valence-electron chi connectivity index (χ0n) is 10.7. The number of aromatic nitrogens is 2. The highest BCUT2D eigenvalue weighted by Gasteiger charge is 2.10. The van der Waals surface area contributed by atoms with Gasteiger partial charge in [-0.1, -0.05) is 30.3 Å². The van der Waals surface area contributed by atoms with Gasteiger partial charge in [0.1, 0.15) is 0 Å². The number of benzene rings is 1. The van der Waals surface area contributed by atoms with E-state index in [0.29, 0.717) is 12.5 Å². The Morgan fingerprint density at radius 2 is 1.84 bits per heavy atom. The Morgan fingerprint density at radius 1 is 1.21 bits per heavy atom. The molecular weight excluding hydrogens is 242 g/mol. The number of aromatic carboxylic acids is 1. The largest absolute Gasteiger partial charge is 0.478 e. The van der Waals surface area contributed by atoms with Gasteiger partial charge in [0.25, 0.3) is 0 Å². The summed E-state index contributed by atoms with van der Waals surface area (Å²) in [5.74, 6) is -0.478. The number of carboxylic acids is 1. The lowest BCUT2D eigenvalue weighted by molar-refractivity contribution is 0.0696. The molecule has 0 radical (unpaired) electrons. The summed E-state index contributed by atoms with van der Waals surface area (Å²) in [6.07, 6.45) is 2.66. The first-order valence-electron chi connectivity index (χ1n) is 6.05. The Bertz CT molecular complexity index is 540. The first-order valence-corrected chi connectivity index (χ1v) is 6.05. The van der Waals surface area contributed by atoms with E-state index in [1.54, 1.807) is 0 Å². The molecule has 2 aromatic rings. The molecule has 0 aliphatic rings. The van der Waals surface area contributed by atoms with Crippen molar-refractivity contribution in [1.29, 1.82) is 0 Å². The fourth-order valence-electron chi connectivity index (χ4n) is 1.72. The van der Waals surface area contributed by atoms with Crippen LogP contribution in [0.4, 0.5) is 5.95 Å². The second-order valence-corrected chi connectivity index (χ2v) is 4.08. The van der Waals surface area contributed by atoms with E-state index >= 15 is 0 Å². The summed E-state index contributed by atoms with van der Waals surface area (Å²) in [6.45, 7) is 3.46. The van der Waals surface area contributed by atoms with Gasteiger partial charge in [-0.3, -0.25) is 0 Å². The molecule has 0 saturated carbocycles. The van der Waals surface area contributed by atoms with Crippen molar-refractivity contribution in [3.05, 3.63) is 53.9 Å². The van der Waals surface area contributed by atoms with Gasteiger partial charge in [0.2, 0.25) is 5.95 Å². The molecule has 0 aliphatic heterocycles. The zero-order valence-corrected chi connectivity index (χ0v) is 10.7. The molecule has 0 bridgehead atoms. The molecule has 1 aromatic carbocycles. The first kappa shape index (κ1) is 13.0. The van der Waals surface area contributed by atoms with Gasteiger partial charge in [0.05, 0.1) is 5.56 Å². The van der Waals surface area contributed by atoms with Gasteiger partial charge in [0, 0.05) is 25.5 Å². The van der Waals surface area contributed by atoms with E-state index in [1.165, 1.54) is 12.4 Å². The molecule has 0 unspecified atom stereocenters. The number of nitrogens with zero attached hydrogens (tertiary/aromatic N) is 3. The van der Waals surface area contributed by atoms with Gasteiger partial charge < -0.3 is 10.0 Å². The molecule has 0 amide bonds. The minimum Gasteiger partial charge on any atom is -0.478 e. The Hall–Kier alpha value is -2.43. The highest BCUT2D eigenvalue weighted by atomic mass is 16.4. The van der Waals surface area contributed by atoms with Crippen molar-refractivity contribution in [2.24, 2.45) is 0 Å². The highest BCUT2D eigenvalue weighted by molar-refractivity contribution is 5.86. The molecule has 0 saturated heterocycles. The van der Waals surface area contributed by atoms with Gasteiger partial charge >= 0.3 is 5.97 Å². The second kappa shape index (κ2) is 5.95. The number of carbonyl (C=O) groups is 1. The minimum atomic E-state index is -1.02. The van der Waals surface area contributed by atoms with Gasteiger partial charge in [-0.05, 0) is 12.5 Å². The van der Waals surface area contributed by atoms with E-state index in [1.807, 2.05) is 42.2 Å². The van der Waals surface area contributed by atoms with Crippen LogP contribution in [0.25, 0.3) is 0 Å². The van der Waals surface area contributed by atoms with Crippen molar-refractivity contribution in [3.8, 4) is 0 Å². The van der Waals surface area contributed by atoms with E-state index < -0.39 is 5.97 Å². The Balaban J connectivity index is 2.15. The third-order valence-corrected chi connectivity index (χ3v) is 2.77. The van der Waals surface area contributed by atoms with Crippen molar-refractivity contribution in [2.75, 3.05) is 11.4 Å². The summed E-state index contributed by atoms with van der Waals surface area (Å²) in [5, 5.41) is 8.81. The minimum absolute atomic E-state index is 0.0968. The third kappa shape index (κ3) is 3.28. The molecule has 1 N–H and O–H groups in total. The van der Waals surface area contributed by atoms with E-state index in [9.17, 15) is 4.79 Å². The number of hydrogen-bond acceptors (Lipinski definition) is 4. The van der Waals surface area contributed by atoms with Crippen molar-refractivity contribution < 1.29 is 9.90 Å². The summed E-state index contributed by atoms with van der Waals surface area (Å²) in [7, 11) is 0. The molecule has 5 nitrogen and oxygen atoms in total. The second-order valence-electron chi connectivity index (χ2n) is 4.08. The summed E-state index contributed by atoms with van der Waals surface area (Å²) in [5.41, 5.74) is 1.26. The van der Waals surface area contributed by atoms with Crippen LogP contribution in [0, 0.1) is 0 Å². The van der Waals surface area contributed by atoms with Gasteiger partial charge in [0.15, 0.2) is 0 Å². The van der Waals surface area contributed by atoms with Crippen LogP contribution in [0.5, 0.6) is 0 Å². The zero-order chi connectivity index (χ0) is 13.7. The molecule has 0 fully saturated rings. The molecule has 0 aliphatic carbocycles. The van der Waals surface area contributed by atoms with Crippen molar-refractivity contribution in [3.63, 3.8) is 0 Å². The molecular formula is C14H15N3O2. The maximum absolute atomic E-state index is 10.7. The van der Waals surface area contributed by atoms with Gasteiger partial charge in [-0.25, -0.2) is 14.8 Å². The standard InChI is InChI=1S/C14H15N3O2/c1-2-17(10-11-6-4-3-5-7-11)14-15-8-12(9-16-14)13(18)19/h3-9H,2,10H2,1H3,(H,18,19). The number of carboxylic acid groups (broad SMARTS) is 1. The van der Waals surface area contributed by atoms with E-state index in [-0.39, 0.29) is 5.56 Å². The van der Waals surface area contributed by atoms with E-state index in [2.05, 4.69) is 9.97 Å². The third-order valence-electron chi connectivity index (χ3n) is 2.77. The normalized spacial score (nSPS) is 10.2. The van der Waals surface area contributed by atoms with Crippen LogP contribution in [0.1, 0.15) is 22.8 Å². The van der Waals surface area contributed by atoms with Crippen molar-refractivity contribution in [2.45, 2.75) is 13.5 Å². The Labute approximate surface area is 111 Å². The summed E-state index contributed by atoms with van der Waals surface area (Å²) >= 11 is 0. The van der Waals surface area contributed by atoms with Crippen LogP contribution in [-0.2, 0) is 6.54 Å². The van der Waals surface area contributed by atoms with E-state index in [0.717, 1.165) is 12.1 Å². The quantitative estimate of drug-likeness (QED) is 0.889. The lowest BCUT2D eigenvalue weighted by Gasteiger charge is -2.20. The Kier molecular flexibility index (Phi) is 4.07. The van der Waals surface area contributed by atoms with Gasteiger partial charge in [-0.15, -0.1) is 0 Å². The predicted molar refractivity (Wildman–Crippen MR) is 72.2 cm³/mol. The average molecular weight is 257 g/mol. The fraction of sp³-hybridized carbons (Fsp3) is 0.214. The fourth-order valence-corrected chi connectivity index (χ4v) is 1.72. The average Bonchev–Trinajstić information content (AvgIpc) is 2.46. The molecule has 0 spiro atoms. The van der Waals surface area contributed by atoms with Crippen LogP contribution < -0.4 is 4.90 Å². The SMILES string of the molecule is CCN(Cc1ccccc1)c1ncc(C(=O)O)cn1. The summed E-state index contributed by atoms with van der Waals surface area (Å²) in [6, 6.07) is 10.0. The Morgan fingerprint density at radius 3 is 2.37 bits per heavy atom. The van der Waals surface area contributed by atoms with Crippen LogP contribution in [-0.4, -0.2) is 27.6 Å². The lowest BCUT2D eigenvalue weighted by Crippen LogP contribution is -2.24. The highest BCUT2D eigenvalue weighted by Crippen LogP contribution is 2.11. The molecule has 98 valence electrons.